The van der Waals surface area contributed by atoms with Gasteiger partial charge in [-0.25, -0.2) is 4.98 Å². The molecular weight excluding hydrogens is 300 g/mol. The van der Waals surface area contributed by atoms with E-state index < -0.39 is 11.9 Å². The predicted octanol–water partition coefficient (Wildman–Crippen LogP) is 3.05. The summed E-state index contributed by atoms with van der Waals surface area (Å²) in [6.07, 6.45) is 6.26. The monoisotopic (exact) mass is 322 g/mol. The minimum Gasteiger partial charge on any atom is -0.481 e. The Morgan fingerprint density at radius 1 is 1.23 bits per heavy atom. The zero-order valence-electron chi connectivity index (χ0n) is 12.9. The third-order valence-electron chi connectivity index (χ3n) is 4.77. The standard InChI is InChI=1S/C16H22N2O3S/c1-10-13(22-14(17-10)11-5-2-3-6-11)15(19)18-8-4-7-12(9-18)16(20)21/h11-12H,2-9H2,1H3,(H,20,21)/t12-/m0/s1. The summed E-state index contributed by atoms with van der Waals surface area (Å²) in [5.74, 6) is -0.756. The van der Waals surface area contributed by atoms with E-state index in [9.17, 15) is 9.59 Å². The van der Waals surface area contributed by atoms with Crippen LogP contribution in [0.2, 0.25) is 0 Å². The Morgan fingerprint density at radius 2 is 1.95 bits per heavy atom. The Kier molecular flexibility index (Phi) is 4.47. The van der Waals surface area contributed by atoms with Gasteiger partial charge in [0.05, 0.1) is 16.6 Å². The van der Waals surface area contributed by atoms with Crippen molar-refractivity contribution in [3.05, 3.63) is 15.6 Å². The zero-order chi connectivity index (χ0) is 15.7. The van der Waals surface area contributed by atoms with Gasteiger partial charge in [0.25, 0.3) is 5.91 Å². The van der Waals surface area contributed by atoms with Gasteiger partial charge in [0.2, 0.25) is 0 Å². The van der Waals surface area contributed by atoms with E-state index in [1.165, 1.54) is 37.0 Å². The van der Waals surface area contributed by atoms with Gasteiger partial charge in [-0.2, -0.15) is 0 Å². The van der Waals surface area contributed by atoms with Crippen molar-refractivity contribution in [3.8, 4) is 0 Å². The molecule has 1 aromatic rings. The van der Waals surface area contributed by atoms with Gasteiger partial charge in [0.1, 0.15) is 4.88 Å². The highest BCUT2D eigenvalue weighted by Gasteiger charge is 2.31. The Labute approximate surface area is 134 Å². The van der Waals surface area contributed by atoms with E-state index in [-0.39, 0.29) is 5.91 Å². The first-order valence-corrected chi connectivity index (χ1v) is 8.87. The van der Waals surface area contributed by atoms with Crippen molar-refractivity contribution in [2.24, 2.45) is 5.92 Å². The van der Waals surface area contributed by atoms with Crippen molar-refractivity contribution in [2.75, 3.05) is 13.1 Å². The van der Waals surface area contributed by atoms with E-state index in [0.29, 0.717) is 30.3 Å². The predicted molar refractivity (Wildman–Crippen MR) is 84.3 cm³/mol. The van der Waals surface area contributed by atoms with Crippen LogP contribution in [0.15, 0.2) is 0 Å². The summed E-state index contributed by atoms with van der Waals surface area (Å²) in [6.45, 7) is 2.86. The molecule has 1 amide bonds. The molecule has 0 aromatic carbocycles. The number of hydrogen-bond acceptors (Lipinski definition) is 4. The molecule has 1 aromatic heterocycles. The second-order valence-corrected chi connectivity index (χ2v) is 7.41. The van der Waals surface area contributed by atoms with Crippen molar-refractivity contribution < 1.29 is 14.7 Å². The van der Waals surface area contributed by atoms with Crippen molar-refractivity contribution >= 4 is 23.2 Å². The summed E-state index contributed by atoms with van der Waals surface area (Å²) in [6, 6.07) is 0. The normalized spacial score (nSPS) is 23.0. The van der Waals surface area contributed by atoms with E-state index >= 15 is 0 Å². The molecule has 120 valence electrons. The van der Waals surface area contributed by atoms with E-state index in [0.717, 1.165) is 17.1 Å². The lowest BCUT2D eigenvalue weighted by atomic mass is 9.98. The molecule has 1 aliphatic carbocycles. The second-order valence-electron chi connectivity index (χ2n) is 6.38. The highest BCUT2D eigenvalue weighted by molar-refractivity contribution is 7.13. The molecule has 2 aliphatic rings. The Balaban J connectivity index is 1.75. The number of aryl methyl sites for hydroxylation is 1. The minimum atomic E-state index is -0.801. The lowest BCUT2D eigenvalue weighted by Crippen LogP contribution is -2.42. The number of aromatic nitrogens is 1. The molecule has 22 heavy (non-hydrogen) atoms. The largest absolute Gasteiger partial charge is 0.481 e. The van der Waals surface area contributed by atoms with Gasteiger partial charge in [-0.3, -0.25) is 9.59 Å². The number of hydrogen-bond donors (Lipinski definition) is 1. The molecule has 6 heteroatoms. The first-order chi connectivity index (χ1) is 10.6. The fourth-order valence-corrected chi connectivity index (χ4v) is 4.67. The molecule has 1 atom stereocenters. The number of carbonyl (C=O) groups excluding carboxylic acids is 1. The number of aliphatic carboxylic acids is 1. The molecule has 2 heterocycles. The van der Waals surface area contributed by atoms with E-state index in [4.69, 9.17) is 5.11 Å². The summed E-state index contributed by atoms with van der Waals surface area (Å²) in [5, 5.41) is 10.3. The highest BCUT2D eigenvalue weighted by atomic mass is 32.1. The summed E-state index contributed by atoms with van der Waals surface area (Å²) >= 11 is 1.52. The highest BCUT2D eigenvalue weighted by Crippen LogP contribution is 2.37. The van der Waals surface area contributed by atoms with Gasteiger partial charge in [-0.15, -0.1) is 11.3 Å². The van der Waals surface area contributed by atoms with Crippen molar-refractivity contribution in [2.45, 2.75) is 51.4 Å². The maximum absolute atomic E-state index is 12.7. The van der Waals surface area contributed by atoms with E-state index in [2.05, 4.69) is 4.98 Å². The van der Waals surface area contributed by atoms with Gasteiger partial charge >= 0.3 is 5.97 Å². The fraction of sp³-hybridized carbons (Fsp3) is 0.688. The maximum atomic E-state index is 12.7. The van der Waals surface area contributed by atoms with Crippen LogP contribution in [0.1, 0.15) is 64.8 Å². The molecular formula is C16H22N2O3S. The van der Waals surface area contributed by atoms with Crippen molar-refractivity contribution in [3.63, 3.8) is 0 Å². The molecule has 1 aliphatic heterocycles. The first-order valence-electron chi connectivity index (χ1n) is 8.05. The molecule has 0 bridgehead atoms. The molecule has 1 saturated carbocycles. The molecule has 5 nitrogen and oxygen atoms in total. The van der Waals surface area contributed by atoms with Crippen LogP contribution in [-0.4, -0.2) is 40.0 Å². The number of piperidine rings is 1. The average molecular weight is 322 g/mol. The SMILES string of the molecule is Cc1nc(C2CCCC2)sc1C(=O)N1CCC[C@H](C(=O)O)C1. The quantitative estimate of drug-likeness (QED) is 0.928. The number of thiazole rings is 1. The minimum absolute atomic E-state index is 0.0369. The van der Waals surface area contributed by atoms with Crippen LogP contribution < -0.4 is 0 Å². The number of amides is 1. The molecule has 0 unspecified atom stereocenters. The van der Waals surface area contributed by atoms with Gasteiger partial charge in [0.15, 0.2) is 0 Å². The summed E-state index contributed by atoms with van der Waals surface area (Å²) < 4.78 is 0. The number of carbonyl (C=O) groups is 2. The van der Waals surface area contributed by atoms with Crippen LogP contribution in [0.5, 0.6) is 0 Å². The van der Waals surface area contributed by atoms with Crippen LogP contribution in [-0.2, 0) is 4.79 Å². The molecule has 1 saturated heterocycles. The number of carboxylic acid groups (broad SMARTS) is 1. The Bertz CT molecular complexity index is 578. The van der Waals surface area contributed by atoms with Crippen molar-refractivity contribution in [1.29, 1.82) is 0 Å². The van der Waals surface area contributed by atoms with Gasteiger partial charge in [0, 0.05) is 19.0 Å². The van der Waals surface area contributed by atoms with E-state index in [1.54, 1.807) is 4.90 Å². The zero-order valence-corrected chi connectivity index (χ0v) is 13.7. The molecule has 3 rings (SSSR count). The number of carboxylic acids is 1. The summed E-state index contributed by atoms with van der Waals surface area (Å²) in [4.78, 5) is 30.9. The van der Waals surface area contributed by atoms with Crippen LogP contribution in [0.3, 0.4) is 0 Å². The topological polar surface area (TPSA) is 70.5 Å². The van der Waals surface area contributed by atoms with Crippen LogP contribution >= 0.6 is 11.3 Å². The van der Waals surface area contributed by atoms with E-state index in [1.807, 2.05) is 6.92 Å². The van der Waals surface area contributed by atoms with Gasteiger partial charge in [-0.05, 0) is 32.6 Å². The summed E-state index contributed by atoms with van der Waals surface area (Å²) in [7, 11) is 0. The fourth-order valence-electron chi connectivity index (χ4n) is 3.47. The Morgan fingerprint density at radius 3 is 2.64 bits per heavy atom. The molecule has 1 N–H and O–H groups in total. The van der Waals surface area contributed by atoms with Crippen molar-refractivity contribution in [1.82, 2.24) is 9.88 Å². The summed E-state index contributed by atoms with van der Waals surface area (Å²) in [5.41, 5.74) is 0.800. The Hall–Kier alpha value is -1.43. The average Bonchev–Trinajstić information content (AvgIpc) is 3.16. The van der Waals surface area contributed by atoms with Gasteiger partial charge in [-0.1, -0.05) is 12.8 Å². The van der Waals surface area contributed by atoms with Crippen LogP contribution in [0.25, 0.3) is 0 Å². The van der Waals surface area contributed by atoms with Crippen LogP contribution in [0.4, 0.5) is 0 Å². The molecule has 0 radical (unpaired) electrons. The van der Waals surface area contributed by atoms with Crippen LogP contribution in [0, 0.1) is 12.8 Å². The third-order valence-corrected chi connectivity index (χ3v) is 6.08. The number of likely N-dealkylation sites (tertiary alicyclic amines) is 1. The van der Waals surface area contributed by atoms with Gasteiger partial charge < -0.3 is 10.0 Å². The number of nitrogens with zero attached hydrogens (tertiary/aromatic N) is 2. The second kappa shape index (κ2) is 6.36. The molecule has 0 spiro atoms. The number of rotatable bonds is 3. The lowest BCUT2D eigenvalue weighted by molar-refractivity contribution is -0.143. The maximum Gasteiger partial charge on any atom is 0.308 e. The molecule has 2 fully saturated rings. The smallest absolute Gasteiger partial charge is 0.308 e. The lowest BCUT2D eigenvalue weighted by Gasteiger charge is -2.30. The third kappa shape index (κ3) is 3.02. The first kappa shape index (κ1) is 15.5.